The predicted molar refractivity (Wildman–Crippen MR) is 128 cm³/mol. The molecule has 0 unspecified atom stereocenters. The number of amides is 1. The molecule has 0 bridgehead atoms. The van der Waals surface area contributed by atoms with Crippen LogP contribution in [0.3, 0.4) is 0 Å². The van der Waals surface area contributed by atoms with Gasteiger partial charge in [0.2, 0.25) is 0 Å². The van der Waals surface area contributed by atoms with E-state index in [1.54, 1.807) is 12.1 Å². The van der Waals surface area contributed by atoms with Gasteiger partial charge in [0.05, 0.1) is 12.1 Å². The first-order valence-corrected chi connectivity index (χ1v) is 11.8. The van der Waals surface area contributed by atoms with E-state index in [-0.39, 0.29) is 6.61 Å². The van der Waals surface area contributed by atoms with Gasteiger partial charge in [-0.05, 0) is 60.6 Å². The second-order valence-corrected chi connectivity index (χ2v) is 9.17. The third-order valence-corrected chi connectivity index (χ3v) is 6.77. The van der Waals surface area contributed by atoms with Crippen LogP contribution < -0.4 is 10.1 Å². The topological polar surface area (TPSA) is 64.6 Å². The van der Waals surface area contributed by atoms with Crippen molar-refractivity contribution in [3.05, 3.63) is 68.5 Å². The lowest BCUT2D eigenvalue weighted by atomic mass is 9.89. The predicted octanol–water partition coefficient (Wildman–Crippen LogP) is 6.40. The molecule has 5 nitrogen and oxygen atoms in total. The summed E-state index contributed by atoms with van der Waals surface area (Å²) >= 11 is 13.2. The fourth-order valence-electron chi connectivity index (χ4n) is 3.77. The van der Waals surface area contributed by atoms with Crippen LogP contribution in [-0.4, -0.2) is 25.6 Å². The van der Waals surface area contributed by atoms with Crippen molar-refractivity contribution in [2.24, 2.45) is 0 Å². The van der Waals surface area contributed by atoms with E-state index in [0.717, 1.165) is 24.0 Å². The monoisotopic (exact) mass is 489 g/mol. The summed E-state index contributed by atoms with van der Waals surface area (Å²) < 4.78 is 10.5. The van der Waals surface area contributed by atoms with E-state index in [2.05, 4.69) is 17.4 Å². The number of anilines is 1. The molecule has 32 heavy (non-hydrogen) atoms. The van der Waals surface area contributed by atoms with Crippen molar-refractivity contribution in [3.63, 3.8) is 0 Å². The van der Waals surface area contributed by atoms with Crippen molar-refractivity contribution in [1.82, 2.24) is 0 Å². The Labute approximate surface area is 200 Å². The minimum atomic E-state index is -0.504. The van der Waals surface area contributed by atoms with Gasteiger partial charge in [-0.3, -0.25) is 4.79 Å². The Hall–Kier alpha value is -2.54. The molecule has 1 heterocycles. The maximum Gasteiger partial charge on any atom is 0.341 e. The summed E-state index contributed by atoms with van der Waals surface area (Å²) in [5.41, 5.74) is 4.70. The van der Waals surface area contributed by atoms with E-state index in [9.17, 15) is 9.59 Å². The minimum Gasteiger partial charge on any atom is -0.482 e. The molecule has 1 N–H and O–H groups in total. The number of hydrogen-bond donors (Lipinski definition) is 1. The molecule has 1 aliphatic carbocycles. The number of esters is 1. The average molecular weight is 490 g/mol. The third-order valence-electron chi connectivity index (χ3n) is 5.35. The Balaban J connectivity index is 1.54. The first kappa shape index (κ1) is 22.6. The lowest BCUT2D eigenvalue weighted by molar-refractivity contribution is -0.118. The van der Waals surface area contributed by atoms with Crippen LogP contribution >= 0.6 is 34.5 Å². The summed E-state index contributed by atoms with van der Waals surface area (Å²) in [6.07, 6.45) is 4.50. The van der Waals surface area contributed by atoms with Crippen molar-refractivity contribution in [2.75, 3.05) is 19.0 Å². The van der Waals surface area contributed by atoms with E-state index >= 15 is 0 Å². The molecule has 1 aliphatic rings. The molecule has 0 fully saturated rings. The Morgan fingerprint density at radius 2 is 1.84 bits per heavy atom. The summed E-state index contributed by atoms with van der Waals surface area (Å²) in [5.74, 6) is -0.573. The van der Waals surface area contributed by atoms with E-state index in [1.807, 2.05) is 11.4 Å². The summed E-state index contributed by atoms with van der Waals surface area (Å²) in [4.78, 5) is 25.1. The summed E-state index contributed by atoms with van der Waals surface area (Å²) in [7, 11) is 1.33. The van der Waals surface area contributed by atoms with Gasteiger partial charge in [0.25, 0.3) is 5.91 Å². The number of ether oxygens (including phenoxy) is 2. The molecule has 1 aromatic heterocycles. The lowest BCUT2D eigenvalue weighted by Crippen LogP contribution is -2.21. The quantitative estimate of drug-likeness (QED) is 0.406. The number of halogens is 2. The number of methoxy groups -OCH3 is 1. The fourth-order valence-corrected chi connectivity index (χ4v) is 5.20. The molecule has 3 aromatic rings. The molecule has 0 spiro atoms. The van der Waals surface area contributed by atoms with Crippen LogP contribution in [0.25, 0.3) is 11.1 Å². The number of benzene rings is 2. The van der Waals surface area contributed by atoms with E-state index in [1.165, 1.54) is 48.5 Å². The zero-order chi connectivity index (χ0) is 22.7. The molecule has 0 aliphatic heterocycles. The van der Waals surface area contributed by atoms with Crippen molar-refractivity contribution in [3.8, 4) is 16.9 Å². The maximum absolute atomic E-state index is 12.6. The molecule has 4 rings (SSSR count). The SMILES string of the molecule is COC(=O)c1c(-c2ccc3c(c2)CCCC3)csc1NC(=O)COc1ccc(Cl)cc1Cl. The van der Waals surface area contributed by atoms with Crippen LogP contribution in [0.5, 0.6) is 5.75 Å². The standard InChI is InChI=1S/C24H21Cl2NO4S/c1-30-24(29)22-18(16-7-6-14-4-2-3-5-15(14)10-16)13-32-23(22)27-21(28)12-31-20-9-8-17(25)11-19(20)26/h6-11,13H,2-5,12H2,1H3,(H,27,28). The molecule has 0 saturated heterocycles. The number of nitrogens with one attached hydrogen (secondary N) is 1. The lowest BCUT2D eigenvalue weighted by Gasteiger charge is -2.16. The highest BCUT2D eigenvalue weighted by molar-refractivity contribution is 7.15. The van der Waals surface area contributed by atoms with Crippen LogP contribution in [0.1, 0.15) is 34.3 Å². The smallest absolute Gasteiger partial charge is 0.341 e. The van der Waals surface area contributed by atoms with Gasteiger partial charge in [-0.1, -0.05) is 41.4 Å². The highest BCUT2D eigenvalue weighted by atomic mass is 35.5. The van der Waals surface area contributed by atoms with Crippen LogP contribution in [0, 0.1) is 0 Å². The van der Waals surface area contributed by atoms with Gasteiger partial charge in [0.1, 0.15) is 16.3 Å². The average Bonchev–Trinajstić information content (AvgIpc) is 3.21. The largest absolute Gasteiger partial charge is 0.482 e. The number of aryl methyl sites for hydroxylation is 2. The van der Waals surface area contributed by atoms with Gasteiger partial charge in [0, 0.05) is 16.0 Å². The van der Waals surface area contributed by atoms with E-state index < -0.39 is 11.9 Å². The van der Waals surface area contributed by atoms with Crippen molar-refractivity contribution in [2.45, 2.75) is 25.7 Å². The van der Waals surface area contributed by atoms with Crippen LogP contribution in [0.2, 0.25) is 10.0 Å². The number of carbonyl (C=O) groups excluding carboxylic acids is 2. The first-order chi connectivity index (χ1) is 15.5. The second-order valence-electron chi connectivity index (χ2n) is 7.45. The van der Waals surface area contributed by atoms with Gasteiger partial charge in [-0.25, -0.2) is 4.79 Å². The molecular formula is C24H21Cl2NO4S. The first-order valence-electron chi connectivity index (χ1n) is 10.2. The number of thiophene rings is 1. The number of rotatable bonds is 6. The van der Waals surface area contributed by atoms with Crippen LogP contribution in [-0.2, 0) is 22.4 Å². The van der Waals surface area contributed by atoms with Gasteiger partial charge >= 0.3 is 5.97 Å². The molecule has 0 atom stereocenters. The summed E-state index contributed by atoms with van der Waals surface area (Å²) in [6.45, 7) is -0.270. The number of carbonyl (C=O) groups is 2. The van der Waals surface area contributed by atoms with Crippen LogP contribution in [0.4, 0.5) is 5.00 Å². The Morgan fingerprint density at radius 1 is 1.06 bits per heavy atom. The fraction of sp³-hybridized carbons (Fsp3) is 0.250. The summed E-state index contributed by atoms with van der Waals surface area (Å²) in [6, 6.07) is 11.0. The van der Waals surface area contributed by atoms with Crippen molar-refractivity contribution >= 4 is 51.4 Å². The van der Waals surface area contributed by atoms with Crippen LogP contribution in [0.15, 0.2) is 41.8 Å². The zero-order valence-electron chi connectivity index (χ0n) is 17.4. The van der Waals surface area contributed by atoms with Gasteiger partial charge in [-0.2, -0.15) is 0 Å². The number of fused-ring (bicyclic) bond motifs is 1. The molecule has 1 amide bonds. The van der Waals surface area contributed by atoms with E-state index in [0.29, 0.717) is 26.4 Å². The second kappa shape index (κ2) is 9.94. The highest BCUT2D eigenvalue weighted by Crippen LogP contribution is 2.38. The molecule has 2 aromatic carbocycles. The third kappa shape index (κ3) is 4.93. The Kier molecular flexibility index (Phi) is 7.04. The van der Waals surface area contributed by atoms with Gasteiger partial charge < -0.3 is 14.8 Å². The van der Waals surface area contributed by atoms with Gasteiger partial charge in [0.15, 0.2) is 6.61 Å². The number of hydrogen-bond acceptors (Lipinski definition) is 5. The maximum atomic E-state index is 12.6. The molecular weight excluding hydrogens is 469 g/mol. The highest BCUT2D eigenvalue weighted by Gasteiger charge is 2.23. The Morgan fingerprint density at radius 3 is 2.59 bits per heavy atom. The van der Waals surface area contributed by atoms with Crippen molar-refractivity contribution < 1.29 is 19.1 Å². The molecule has 0 saturated carbocycles. The van der Waals surface area contributed by atoms with E-state index in [4.69, 9.17) is 32.7 Å². The Bertz CT molecular complexity index is 1170. The minimum absolute atomic E-state index is 0.270. The molecule has 166 valence electrons. The summed E-state index contributed by atoms with van der Waals surface area (Å²) in [5, 5.41) is 5.83. The zero-order valence-corrected chi connectivity index (χ0v) is 19.7. The van der Waals surface area contributed by atoms with Crippen molar-refractivity contribution in [1.29, 1.82) is 0 Å². The molecule has 0 radical (unpaired) electrons. The normalized spacial score (nSPS) is 12.7. The molecule has 8 heteroatoms. The van der Waals surface area contributed by atoms with Gasteiger partial charge in [-0.15, -0.1) is 11.3 Å².